The Morgan fingerprint density at radius 3 is 1.45 bits per heavy atom. The summed E-state index contributed by atoms with van der Waals surface area (Å²) in [4.78, 5) is 11.4. The van der Waals surface area contributed by atoms with Crippen molar-refractivity contribution in [3.8, 4) is 0 Å². The van der Waals surface area contributed by atoms with Crippen LogP contribution in [0.2, 0.25) is 0 Å². The van der Waals surface area contributed by atoms with Crippen molar-refractivity contribution in [3.05, 3.63) is 0 Å². The van der Waals surface area contributed by atoms with Gasteiger partial charge in [0.05, 0.1) is 44.2 Å². The highest BCUT2D eigenvalue weighted by atomic mass is 16.8. The van der Waals surface area contributed by atoms with Gasteiger partial charge in [-0.3, -0.25) is 4.79 Å². The van der Waals surface area contributed by atoms with E-state index in [9.17, 15) is 66.1 Å². The van der Waals surface area contributed by atoms with Gasteiger partial charge in [0.25, 0.3) is 0 Å². The minimum atomic E-state index is -1.95. The summed E-state index contributed by atoms with van der Waals surface area (Å²) in [5.74, 6) is -0.206. The smallest absolute Gasteiger partial charge is 0.305 e. The molecule has 0 aliphatic carbocycles. The molecule has 0 spiro atoms. The molecule has 0 aromatic carbocycles. The van der Waals surface area contributed by atoms with Gasteiger partial charge in [-0.2, -0.15) is 0 Å². The van der Waals surface area contributed by atoms with E-state index in [0.717, 1.165) is 64.2 Å². The van der Waals surface area contributed by atoms with Crippen molar-refractivity contribution in [2.24, 2.45) is 0 Å². The van der Waals surface area contributed by atoms with Crippen molar-refractivity contribution in [2.45, 2.75) is 278 Å². The maximum absolute atomic E-state index is 11.9. The first-order chi connectivity index (χ1) is 33.7. The minimum absolute atomic E-state index is 0.206. The second-order valence-electron chi connectivity index (χ2n) is 19.7. The van der Waals surface area contributed by atoms with E-state index in [4.69, 9.17) is 52.1 Å². The zero-order chi connectivity index (χ0) is 52.3. The third-order valence-corrected chi connectivity index (χ3v) is 14.2. The van der Waals surface area contributed by atoms with Crippen molar-refractivity contribution in [2.75, 3.05) is 13.7 Å². The molecule has 0 aromatic heterocycles. The minimum Gasteiger partial charge on any atom is -0.469 e. The summed E-state index contributed by atoms with van der Waals surface area (Å²) in [5, 5.41) is 130. The molecule has 24 nitrogen and oxygen atoms in total. The van der Waals surface area contributed by atoms with Gasteiger partial charge >= 0.3 is 5.97 Å². The van der Waals surface area contributed by atoms with Gasteiger partial charge in [-0.05, 0) is 47.0 Å². The number of unbranched alkanes of at least 4 members (excludes halogenated alkanes) is 8. The number of aliphatic hydroxyl groups is 12. The Balaban J connectivity index is 1.26. The van der Waals surface area contributed by atoms with Gasteiger partial charge < -0.3 is 113 Å². The summed E-state index contributed by atoms with van der Waals surface area (Å²) in [6.07, 6.45) is -28.2. The number of rotatable bonds is 25. The van der Waals surface area contributed by atoms with Crippen LogP contribution in [-0.4, -0.2) is 241 Å². The van der Waals surface area contributed by atoms with Crippen LogP contribution in [0.1, 0.15) is 118 Å². The third-order valence-electron chi connectivity index (χ3n) is 14.2. The summed E-state index contributed by atoms with van der Waals surface area (Å²) >= 11 is 0. The van der Waals surface area contributed by atoms with Crippen LogP contribution in [0, 0.1) is 0 Å². The lowest BCUT2D eigenvalue weighted by molar-refractivity contribution is -0.400. The van der Waals surface area contributed by atoms with Crippen LogP contribution >= 0.6 is 0 Å². The Kier molecular flexibility index (Phi) is 24.4. The van der Waals surface area contributed by atoms with Crippen LogP contribution in [0.4, 0.5) is 0 Å². The number of hydrogen-bond donors (Lipinski definition) is 12. The number of carbonyl (C=O) groups is 1. The van der Waals surface area contributed by atoms with Crippen molar-refractivity contribution in [3.63, 3.8) is 0 Å². The Morgan fingerprint density at radius 2 is 0.859 bits per heavy atom. The highest BCUT2D eigenvalue weighted by Gasteiger charge is 2.56. The second kappa shape index (κ2) is 28.6. The predicted molar refractivity (Wildman–Crippen MR) is 241 cm³/mol. The number of methoxy groups -OCH3 is 1. The Morgan fingerprint density at radius 1 is 0.437 bits per heavy atom. The Labute approximate surface area is 414 Å². The number of hydrogen-bond acceptors (Lipinski definition) is 24. The van der Waals surface area contributed by atoms with Crippen molar-refractivity contribution in [1.82, 2.24) is 0 Å². The summed E-state index contributed by atoms with van der Waals surface area (Å²) in [7, 11) is 1.38. The van der Waals surface area contributed by atoms with E-state index < -0.39 is 160 Å². The number of carbonyl (C=O) groups excluding carboxylic acids is 1. The first-order valence-corrected chi connectivity index (χ1v) is 25.4. The van der Waals surface area contributed by atoms with E-state index >= 15 is 0 Å². The fraction of sp³-hybridized carbons (Fsp3) is 0.979. The molecule has 0 radical (unpaired) electrons. The number of aliphatic hydroxyl groups excluding tert-OH is 12. The lowest BCUT2D eigenvalue weighted by atomic mass is 9.95. The van der Waals surface area contributed by atoms with Gasteiger partial charge in [0.1, 0.15) is 97.7 Å². The molecule has 71 heavy (non-hydrogen) atoms. The number of esters is 1. The molecule has 5 saturated heterocycles. The highest BCUT2D eigenvalue weighted by Crippen LogP contribution is 2.37. The van der Waals surface area contributed by atoms with Gasteiger partial charge in [0.2, 0.25) is 0 Å². The predicted octanol–water partition coefficient (Wildman–Crippen LogP) is -2.16. The summed E-state index contributed by atoms with van der Waals surface area (Å²) in [6.45, 7) is 7.19. The zero-order valence-corrected chi connectivity index (χ0v) is 41.7. The standard InChI is InChI=1S/C47H84O24/c1-7-8-14-17-25(18-15-12-10-9-11-13-16-19-27(49)61-6)66-47-42(33(55)29(51)22(3)63-47)71-44-37(59)34(56)39(23(4)64-44)68-46-38(60)41(70-45-36(58)32(54)30(52)26(20-48)67-45)40(24(5)65-46)69-43-35(57)31(53)28(50)21(2)62-43/h21-26,28-48,50-60H,7-20H2,1-6H3. The van der Waals surface area contributed by atoms with Crippen LogP contribution in [0.25, 0.3) is 0 Å². The molecule has 416 valence electrons. The molecule has 0 aromatic rings. The SMILES string of the molecule is CCCCCC(CCCCCCCCCC(=O)OC)OC1OC(C)C(O)C(O)C1OC1OC(C)C(OC2OC(C)C(OC3OC(C)C(O)C(O)C3O)C(OC3OC(CO)C(O)C(O)C3O)C2O)C(O)C1O. The molecule has 0 amide bonds. The van der Waals surface area contributed by atoms with Crippen LogP contribution in [0.15, 0.2) is 0 Å². The molecular formula is C47H84O24. The largest absolute Gasteiger partial charge is 0.469 e. The maximum atomic E-state index is 11.9. The topological polar surface area (TPSA) is 361 Å². The molecule has 5 aliphatic heterocycles. The molecule has 5 fully saturated rings. The van der Waals surface area contributed by atoms with E-state index in [1.807, 2.05) is 0 Å². The van der Waals surface area contributed by atoms with Crippen LogP contribution in [0.5, 0.6) is 0 Å². The van der Waals surface area contributed by atoms with E-state index in [0.29, 0.717) is 19.3 Å². The van der Waals surface area contributed by atoms with E-state index in [1.165, 1.54) is 27.9 Å². The molecule has 0 saturated carbocycles. The molecular weight excluding hydrogens is 948 g/mol. The molecule has 24 heteroatoms. The maximum Gasteiger partial charge on any atom is 0.305 e. The quantitative estimate of drug-likeness (QED) is 0.0342. The fourth-order valence-electron chi connectivity index (χ4n) is 9.65. The fourth-order valence-corrected chi connectivity index (χ4v) is 9.65. The van der Waals surface area contributed by atoms with Crippen LogP contribution < -0.4 is 0 Å². The summed E-state index contributed by atoms with van der Waals surface area (Å²) in [5.41, 5.74) is 0. The average Bonchev–Trinajstić information content (AvgIpc) is 3.34. The van der Waals surface area contributed by atoms with Crippen LogP contribution in [-0.2, 0) is 56.9 Å². The monoisotopic (exact) mass is 1030 g/mol. The van der Waals surface area contributed by atoms with Gasteiger partial charge in [-0.1, -0.05) is 64.7 Å². The molecule has 5 heterocycles. The summed E-state index contributed by atoms with van der Waals surface area (Å²) < 4.78 is 64.8. The molecule has 12 N–H and O–H groups in total. The lowest BCUT2D eigenvalue weighted by Gasteiger charge is -2.50. The van der Waals surface area contributed by atoms with E-state index in [1.54, 1.807) is 6.92 Å². The highest BCUT2D eigenvalue weighted by molar-refractivity contribution is 5.68. The van der Waals surface area contributed by atoms with Crippen molar-refractivity contribution >= 4 is 5.97 Å². The van der Waals surface area contributed by atoms with Gasteiger partial charge in [-0.25, -0.2) is 0 Å². The lowest BCUT2D eigenvalue weighted by Crippen LogP contribution is -2.67. The molecule has 5 rings (SSSR count). The van der Waals surface area contributed by atoms with Gasteiger partial charge in [0.15, 0.2) is 31.5 Å². The van der Waals surface area contributed by atoms with Gasteiger partial charge in [0, 0.05) is 6.42 Å². The van der Waals surface area contributed by atoms with E-state index in [2.05, 4.69) is 6.92 Å². The van der Waals surface area contributed by atoms with Crippen LogP contribution in [0.3, 0.4) is 0 Å². The zero-order valence-electron chi connectivity index (χ0n) is 41.7. The second-order valence-corrected chi connectivity index (χ2v) is 19.7. The summed E-state index contributed by atoms with van der Waals surface area (Å²) in [6, 6.07) is 0. The first-order valence-electron chi connectivity index (χ1n) is 25.4. The average molecular weight is 1030 g/mol. The number of ether oxygens (including phenoxy) is 11. The Bertz CT molecular complexity index is 1530. The first kappa shape index (κ1) is 60.5. The van der Waals surface area contributed by atoms with Gasteiger partial charge in [-0.15, -0.1) is 0 Å². The molecule has 26 atom stereocenters. The Hall–Kier alpha value is -1.41. The third kappa shape index (κ3) is 15.6. The molecule has 0 bridgehead atoms. The normalized spacial score (nSPS) is 44.8. The van der Waals surface area contributed by atoms with Crippen molar-refractivity contribution in [1.29, 1.82) is 0 Å². The van der Waals surface area contributed by atoms with E-state index in [-0.39, 0.29) is 12.1 Å². The molecule has 5 aliphatic rings. The molecule has 26 unspecified atom stereocenters. The van der Waals surface area contributed by atoms with Crippen molar-refractivity contribution < 1.29 is 118 Å².